The van der Waals surface area contributed by atoms with E-state index >= 15 is 0 Å². The number of hydrogen-bond acceptors (Lipinski definition) is 6. The lowest BCUT2D eigenvalue weighted by Crippen LogP contribution is -2.38. The number of aromatic nitrogens is 3. The van der Waals surface area contributed by atoms with Crippen LogP contribution in [0.3, 0.4) is 0 Å². The summed E-state index contributed by atoms with van der Waals surface area (Å²) in [6.07, 6.45) is 3.63. The third-order valence-corrected chi connectivity index (χ3v) is 5.55. The van der Waals surface area contributed by atoms with Gasteiger partial charge in [0.05, 0.1) is 13.2 Å². The molecular formula is C21H26N6O4. The fraction of sp³-hybridized carbons (Fsp3) is 0.429. The Balaban J connectivity index is 1.33. The van der Waals surface area contributed by atoms with Crippen LogP contribution in [0.2, 0.25) is 0 Å². The summed E-state index contributed by atoms with van der Waals surface area (Å²) in [6, 6.07) is 7.94. The van der Waals surface area contributed by atoms with Gasteiger partial charge in [0, 0.05) is 68.9 Å². The smallest absolute Gasteiger partial charge is 0.379 e. The molecule has 10 heteroatoms. The standard InChI is InChI=1S/C21H26N6O4/c1-16-22-20(27(29)30)15-26(16)7-5-21(28)23-18-2-3-19-17(14-18)4-6-25(19)9-8-24-10-12-31-13-11-24/h2-4,6,14-15H,5,7-13H2,1H3,(H,23,28). The number of nitrogens with one attached hydrogen (secondary N) is 1. The van der Waals surface area contributed by atoms with Crippen LogP contribution in [0.1, 0.15) is 12.2 Å². The predicted molar refractivity (Wildman–Crippen MR) is 116 cm³/mol. The van der Waals surface area contributed by atoms with Gasteiger partial charge in [-0.25, -0.2) is 0 Å². The molecule has 0 unspecified atom stereocenters. The summed E-state index contributed by atoms with van der Waals surface area (Å²) in [4.78, 5) is 28.9. The normalized spacial score (nSPS) is 14.7. The number of carbonyl (C=O) groups is 1. The van der Waals surface area contributed by atoms with Gasteiger partial charge in [0.1, 0.15) is 6.20 Å². The second kappa shape index (κ2) is 9.27. The van der Waals surface area contributed by atoms with Crippen LogP contribution in [-0.4, -0.2) is 62.7 Å². The Hall–Kier alpha value is -3.24. The number of ether oxygens (including phenoxy) is 1. The minimum atomic E-state index is -0.536. The zero-order chi connectivity index (χ0) is 21.8. The van der Waals surface area contributed by atoms with Crippen molar-refractivity contribution in [1.29, 1.82) is 0 Å². The average Bonchev–Trinajstić information content (AvgIpc) is 3.34. The van der Waals surface area contributed by atoms with Crippen molar-refractivity contribution in [2.75, 3.05) is 38.2 Å². The lowest BCUT2D eigenvalue weighted by Gasteiger charge is -2.26. The molecule has 31 heavy (non-hydrogen) atoms. The Labute approximate surface area is 179 Å². The average molecular weight is 426 g/mol. The van der Waals surface area contributed by atoms with Crippen molar-refractivity contribution in [3.8, 4) is 0 Å². The van der Waals surface area contributed by atoms with Crippen molar-refractivity contribution >= 4 is 28.3 Å². The number of imidazole rings is 1. The summed E-state index contributed by atoms with van der Waals surface area (Å²) < 4.78 is 9.24. The maximum atomic E-state index is 12.4. The molecule has 1 saturated heterocycles. The highest BCUT2D eigenvalue weighted by Crippen LogP contribution is 2.21. The summed E-state index contributed by atoms with van der Waals surface area (Å²) in [5.41, 5.74) is 1.87. The van der Waals surface area contributed by atoms with Crippen molar-refractivity contribution in [3.63, 3.8) is 0 Å². The van der Waals surface area contributed by atoms with E-state index in [9.17, 15) is 14.9 Å². The molecule has 10 nitrogen and oxygen atoms in total. The van der Waals surface area contributed by atoms with Crippen molar-refractivity contribution in [2.45, 2.75) is 26.4 Å². The molecule has 3 aromatic rings. The van der Waals surface area contributed by atoms with E-state index in [2.05, 4.69) is 32.0 Å². The van der Waals surface area contributed by atoms with E-state index in [0.29, 0.717) is 12.4 Å². The number of rotatable bonds is 8. The van der Waals surface area contributed by atoms with Crippen LogP contribution in [0.15, 0.2) is 36.7 Å². The van der Waals surface area contributed by atoms with Gasteiger partial charge in [-0.15, -0.1) is 0 Å². The molecule has 2 aromatic heterocycles. The first-order chi connectivity index (χ1) is 15.0. The lowest BCUT2D eigenvalue weighted by molar-refractivity contribution is -0.389. The van der Waals surface area contributed by atoms with E-state index < -0.39 is 4.92 Å². The van der Waals surface area contributed by atoms with Gasteiger partial charge in [0.2, 0.25) is 11.7 Å². The van der Waals surface area contributed by atoms with Crippen LogP contribution in [0.5, 0.6) is 0 Å². The molecule has 1 aromatic carbocycles. The second-order valence-electron chi connectivity index (χ2n) is 7.63. The fourth-order valence-electron chi connectivity index (χ4n) is 3.80. The van der Waals surface area contributed by atoms with Gasteiger partial charge < -0.3 is 29.3 Å². The SMILES string of the molecule is Cc1nc([N+](=O)[O-])cn1CCC(=O)Nc1ccc2c(ccn2CCN2CCOCC2)c1. The summed E-state index contributed by atoms with van der Waals surface area (Å²) in [5.74, 6) is 0.155. The molecule has 1 fully saturated rings. The monoisotopic (exact) mass is 426 g/mol. The van der Waals surface area contributed by atoms with E-state index in [-0.39, 0.29) is 18.1 Å². The van der Waals surface area contributed by atoms with E-state index in [1.54, 1.807) is 11.5 Å². The first-order valence-corrected chi connectivity index (χ1v) is 10.4. The van der Waals surface area contributed by atoms with Crippen molar-refractivity contribution in [2.24, 2.45) is 0 Å². The van der Waals surface area contributed by atoms with Crippen molar-refractivity contribution < 1.29 is 14.5 Å². The molecule has 0 spiro atoms. The van der Waals surface area contributed by atoms with Gasteiger partial charge in [-0.3, -0.25) is 9.69 Å². The lowest BCUT2D eigenvalue weighted by atomic mass is 10.2. The number of anilines is 1. The van der Waals surface area contributed by atoms with Gasteiger partial charge in [-0.2, -0.15) is 0 Å². The zero-order valence-electron chi connectivity index (χ0n) is 17.5. The van der Waals surface area contributed by atoms with Gasteiger partial charge >= 0.3 is 5.82 Å². The van der Waals surface area contributed by atoms with Crippen LogP contribution >= 0.6 is 0 Å². The highest BCUT2D eigenvalue weighted by Gasteiger charge is 2.16. The Morgan fingerprint density at radius 2 is 2.00 bits per heavy atom. The van der Waals surface area contributed by atoms with Gasteiger partial charge in [0.15, 0.2) is 0 Å². The molecule has 1 aliphatic rings. The minimum absolute atomic E-state index is 0.151. The number of nitrogens with zero attached hydrogens (tertiary/aromatic N) is 5. The fourth-order valence-corrected chi connectivity index (χ4v) is 3.80. The topological polar surface area (TPSA) is 107 Å². The Bertz CT molecular complexity index is 1080. The number of aryl methyl sites for hydroxylation is 2. The molecule has 4 rings (SSSR count). The van der Waals surface area contributed by atoms with Crippen LogP contribution in [-0.2, 0) is 22.6 Å². The van der Waals surface area contributed by atoms with Crippen LogP contribution in [0, 0.1) is 17.0 Å². The number of nitro groups is 1. The third kappa shape index (κ3) is 5.09. The van der Waals surface area contributed by atoms with E-state index in [1.807, 2.05) is 18.2 Å². The van der Waals surface area contributed by atoms with Crippen molar-refractivity contribution in [3.05, 3.63) is 52.6 Å². The van der Waals surface area contributed by atoms with E-state index in [0.717, 1.165) is 56.0 Å². The first kappa shape index (κ1) is 21.0. The molecule has 1 aliphatic heterocycles. The predicted octanol–water partition coefficient (Wildman–Crippen LogP) is 2.42. The zero-order valence-corrected chi connectivity index (χ0v) is 17.5. The number of fused-ring (bicyclic) bond motifs is 1. The van der Waals surface area contributed by atoms with Crippen LogP contribution in [0.25, 0.3) is 10.9 Å². The molecule has 164 valence electrons. The van der Waals surface area contributed by atoms with Crippen LogP contribution < -0.4 is 5.32 Å². The second-order valence-corrected chi connectivity index (χ2v) is 7.63. The summed E-state index contributed by atoms with van der Waals surface area (Å²) in [7, 11) is 0. The van der Waals surface area contributed by atoms with Gasteiger partial charge in [-0.1, -0.05) is 0 Å². The van der Waals surface area contributed by atoms with E-state index in [4.69, 9.17) is 4.74 Å². The number of benzene rings is 1. The molecule has 0 bridgehead atoms. The minimum Gasteiger partial charge on any atom is -0.379 e. The molecule has 1 N–H and O–H groups in total. The number of morpholine rings is 1. The first-order valence-electron chi connectivity index (χ1n) is 10.4. The van der Waals surface area contributed by atoms with Gasteiger partial charge in [-0.05, 0) is 34.2 Å². The molecule has 0 saturated carbocycles. The molecule has 0 atom stereocenters. The summed E-state index contributed by atoms with van der Waals surface area (Å²) >= 11 is 0. The van der Waals surface area contributed by atoms with E-state index in [1.165, 1.54) is 6.20 Å². The maximum absolute atomic E-state index is 12.4. The quantitative estimate of drug-likeness (QED) is 0.438. The molecule has 0 aliphatic carbocycles. The van der Waals surface area contributed by atoms with Crippen molar-refractivity contribution in [1.82, 2.24) is 19.0 Å². The third-order valence-electron chi connectivity index (χ3n) is 5.55. The van der Waals surface area contributed by atoms with Crippen LogP contribution in [0.4, 0.5) is 11.5 Å². The van der Waals surface area contributed by atoms with Gasteiger partial charge in [0.25, 0.3) is 0 Å². The molecule has 0 radical (unpaired) electrons. The maximum Gasteiger partial charge on any atom is 0.381 e. The summed E-state index contributed by atoms with van der Waals surface area (Å²) in [5, 5.41) is 14.8. The Kier molecular flexibility index (Phi) is 6.28. The highest BCUT2D eigenvalue weighted by atomic mass is 16.6. The number of amides is 1. The molecule has 3 heterocycles. The largest absolute Gasteiger partial charge is 0.381 e. The number of hydrogen-bond donors (Lipinski definition) is 1. The molecular weight excluding hydrogens is 400 g/mol. The summed E-state index contributed by atoms with van der Waals surface area (Å²) in [6.45, 7) is 7.45. The number of carbonyl (C=O) groups excluding carboxylic acids is 1. The Morgan fingerprint density at radius 3 is 2.74 bits per heavy atom. The highest BCUT2D eigenvalue weighted by molar-refractivity contribution is 5.93. The Morgan fingerprint density at radius 1 is 1.19 bits per heavy atom. The molecule has 1 amide bonds.